The zero-order valence-corrected chi connectivity index (χ0v) is 15.9. The van der Waals surface area contributed by atoms with Gasteiger partial charge in [-0.2, -0.15) is 0 Å². The van der Waals surface area contributed by atoms with Gasteiger partial charge in [-0.3, -0.25) is 9.48 Å². The van der Waals surface area contributed by atoms with Gasteiger partial charge in [0.05, 0.1) is 24.4 Å². The van der Waals surface area contributed by atoms with Crippen LogP contribution in [0.15, 0.2) is 6.20 Å². The number of hydrogen-bond acceptors (Lipinski definition) is 5. The smallest absolute Gasteiger partial charge is 0.223 e. The first-order valence-corrected chi connectivity index (χ1v) is 10.0. The normalized spacial score (nSPS) is 27.2. The SMILES string of the molecule is CC(C)c1cn(CC[C@H]2CC[C@@H](NC(=O)C3CCCC3)[C@@H](CO)O2)nn1. The summed E-state index contributed by atoms with van der Waals surface area (Å²) in [5.41, 5.74) is 0.998. The van der Waals surface area contributed by atoms with E-state index in [0.29, 0.717) is 5.92 Å². The minimum atomic E-state index is -0.318. The second kappa shape index (κ2) is 8.95. The number of carbonyl (C=O) groups is 1. The average molecular weight is 364 g/mol. The van der Waals surface area contributed by atoms with Crippen molar-refractivity contribution in [2.75, 3.05) is 6.61 Å². The monoisotopic (exact) mass is 364 g/mol. The van der Waals surface area contributed by atoms with Gasteiger partial charge in [0.15, 0.2) is 0 Å². The lowest BCUT2D eigenvalue weighted by atomic mass is 9.96. The van der Waals surface area contributed by atoms with Gasteiger partial charge in [0.2, 0.25) is 5.91 Å². The molecule has 3 atom stereocenters. The molecular weight excluding hydrogens is 332 g/mol. The molecule has 1 aromatic heterocycles. The van der Waals surface area contributed by atoms with Crippen molar-refractivity contribution >= 4 is 5.91 Å². The van der Waals surface area contributed by atoms with Gasteiger partial charge < -0.3 is 15.2 Å². The molecule has 0 spiro atoms. The number of carbonyl (C=O) groups excluding carboxylic acids is 1. The summed E-state index contributed by atoms with van der Waals surface area (Å²) in [6.45, 7) is 4.89. The Morgan fingerprint density at radius 2 is 2.12 bits per heavy atom. The summed E-state index contributed by atoms with van der Waals surface area (Å²) in [6.07, 6.45) is 8.59. The van der Waals surface area contributed by atoms with Crippen molar-refractivity contribution in [1.82, 2.24) is 20.3 Å². The predicted molar refractivity (Wildman–Crippen MR) is 97.6 cm³/mol. The molecule has 7 heteroatoms. The van der Waals surface area contributed by atoms with Gasteiger partial charge in [0.25, 0.3) is 0 Å². The van der Waals surface area contributed by atoms with Crippen LogP contribution in [0.1, 0.15) is 70.4 Å². The molecule has 1 saturated heterocycles. The van der Waals surface area contributed by atoms with E-state index < -0.39 is 0 Å². The molecule has 1 aliphatic heterocycles. The van der Waals surface area contributed by atoms with Gasteiger partial charge in [0, 0.05) is 18.7 Å². The lowest BCUT2D eigenvalue weighted by Gasteiger charge is -2.36. The summed E-state index contributed by atoms with van der Waals surface area (Å²) >= 11 is 0. The van der Waals surface area contributed by atoms with E-state index >= 15 is 0 Å². The maximum absolute atomic E-state index is 12.4. The number of rotatable bonds is 7. The van der Waals surface area contributed by atoms with Crippen LogP contribution >= 0.6 is 0 Å². The van der Waals surface area contributed by atoms with Gasteiger partial charge in [-0.25, -0.2) is 0 Å². The molecule has 146 valence electrons. The summed E-state index contributed by atoms with van der Waals surface area (Å²) in [5.74, 6) is 0.657. The second-order valence-corrected chi connectivity index (χ2v) is 8.00. The van der Waals surface area contributed by atoms with Crippen LogP contribution in [0.5, 0.6) is 0 Å². The first-order valence-electron chi connectivity index (χ1n) is 10.0. The van der Waals surface area contributed by atoms with Gasteiger partial charge >= 0.3 is 0 Å². The highest BCUT2D eigenvalue weighted by Crippen LogP contribution is 2.27. The van der Waals surface area contributed by atoms with Crippen molar-refractivity contribution in [1.29, 1.82) is 0 Å². The van der Waals surface area contributed by atoms with Crippen molar-refractivity contribution in [3.63, 3.8) is 0 Å². The molecule has 0 unspecified atom stereocenters. The average Bonchev–Trinajstić information content (AvgIpc) is 3.32. The molecule has 2 aliphatic rings. The third kappa shape index (κ3) is 4.82. The van der Waals surface area contributed by atoms with Crippen molar-refractivity contribution in [3.05, 3.63) is 11.9 Å². The van der Waals surface area contributed by atoms with Crippen LogP contribution in [0, 0.1) is 5.92 Å². The van der Waals surface area contributed by atoms with Crippen LogP contribution in [0.3, 0.4) is 0 Å². The van der Waals surface area contributed by atoms with Crippen LogP contribution in [0.25, 0.3) is 0 Å². The van der Waals surface area contributed by atoms with Gasteiger partial charge in [-0.1, -0.05) is 31.9 Å². The molecule has 0 bridgehead atoms. The maximum atomic E-state index is 12.4. The van der Waals surface area contributed by atoms with Crippen LogP contribution in [-0.2, 0) is 16.1 Å². The lowest BCUT2D eigenvalue weighted by Crippen LogP contribution is -2.52. The zero-order valence-electron chi connectivity index (χ0n) is 15.9. The number of aryl methyl sites for hydroxylation is 1. The number of aliphatic hydroxyl groups is 1. The zero-order chi connectivity index (χ0) is 18.5. The highest BCUT2D eigenvalue weighted by Gasteiger charge is 2.33. The molecule has 1 aromatic rings. The predicted octanol–water partition coefficient (Wildman–Crippen LogP) is 2.01. The second-order valence-electron chi connectivity index (χ2n) is 8.00. The maximum Gasteiger partial charge on any atom is 0.223 e. The molecule has 3 rings (SSSR count). The van der Waals surface area contributed by atoms with Crippen LogP contribution in [0.2, 0.25) is 0 Å². The minimum Gasteiger partial charge on any atom is -0.394 e. The highest BCUT2D eigenvalue weighted by atomic mass is 16.5. The number of hydrogen-bond donors (Lipinski definition) is 2. The minimum absolute atomic E-state index is 0.0626. The third-order valence-corrected chi connectivity index (χ3v) is 5.68. The fourth-order valence-corrected chi connectivity index (χ4v) is 3.96. The Kier molecular flexibility index (Phi) is 6.64. The first kappa shape index (κ1) is 19.3. The first-order chi connectivity index (χ1) is 12.6. The van der Waals surface area contributed by atoms with E-state index in [1.807, 2.05) is 10.9 Å². The number of aromatic nitrogens is 3. The Labute approximate surface area is 155 Å². The van der Waals surface area contributed by atoms with E-state index in [2.05, 4.69) is 29.5 Å². The van der Waals surface area contributed by atoms with E-state index in [4.69, 9.17) is 4.74 Å². The lowest BCUT2D eigenvalue weighted by molar-refractivity contribution is -0.132. The van der Waals surface area contributed by atoms with E-state index in [1.54, 1.807) is 0 Å². The standard InChI is InChI=1S/C19H32N4O3/c1-13(2)17-11-23(22-21-17)10-9-15-7-8-16(18(12-24)26-15)20-19(25)14-5-3-4-6-14/h11,13-16,18,24H,3-10,12H2,1-2H3,(H,20,25)/t15-,16-,18-/m1/s1. The number of aliphatic hydroxyl groups excluding tert-OH is 1. The highest BCUT2D eigenvalue weighted by molar-refractivity contribution is 5.79. The summed E-state index contributed by atoms with van der Waals surface area (Å²) < 4.78 is 7.92. The number of nitrogens with one attached hydrogen (secondary N) is 1. The fraction of sp³-hybridized carbons (Fsp3) is 0.842. The quantitative estimate of drug-likeness (QED) is 0.772. The van der Waals surface area contributed by atoms with E-state index in [1.165, 1.54) is 0 Å². The molecule has 2 fully saturated rings. The Morgan fingerprint density at radius 1 is 1.35 bits per heavy atom. The van der Waals surface area contributed by atoms with Gasteiger partial charge in [-0.05, 0) is 38.0 Å². The third-order valence-electron chi connectivity index (χ3n) is 5.68. The topological polar surface area (TPSA) is 89.3 Å². The van der Waals surface area contributed by atoms with E-state index in [0.717, 1.165) is 57.2 Å². The van der Waals surface area contributed by atoms with Crippen molar-refractivity contribution < 1.29 is 14.6 Å². The molecule has 2 N–H and O–H groups in total. The van der Waals surface area contributed by atoms with Crippen LogP contribution in [0.4, 0.5) is 0 Å². The van der Waals surface area contributed by atoms with E-state index in [9.17, 15) is 9.90 Å². The number of nitrogens with zero attached hydrogens (tertiary/aromatic N) is 3. The van der Waals surface area contributed by atoms with Crippen molar-refractivity contribution in [2.45, 2.75) is 89.5 Å². The summed E-state index contributed by atoms with van der Waals surface area (Å²) in [7, 11) is 0. The fourth-order valence-electron chi connectivity index (χ4n) is 3.96. The Morgan fingerprint density at radius 3 is 2.77 bits per heavy atom. The molecular formula is C19H32N4O3. The van der Waals surface area contributed by atoms with Crippen molar-refractivity contribution in [3.8, 4) is 0 Å². The number of ether oxygens (including phenoxy) is 1. The van der Waals surface area contributed by atoms with Gasteiger partial charge in [0.1, 0.15) is 6.10 Å². The summed E-state index contributed by atoms with van der Waals surface area (Å²) in [4.78, 5) is 12.4. The molecule has 2 heterocycles. The summed E-state index contributed by atoms with van der Waals surface area (Å²) in [5, 5.41) is 21.2. The molecule has 7 nitrogen and oxygen atoms in total. The van der Waals surface area contributed by atoms with Gasteiger partial charge in [-0.15, -0.1) is 5.10 Å². The molecule has 0 radical (unpaired) electrons. The molecule has 1 amide bonds. The number of amides is 1. The molecule has 26 heavy (non-hydrogen) atoms. The van der Waals surface area contributed by atoms with E-state index in [-0.39, 0.29) is 36.7 Å². The van der Waals surface area contributed by atoms with Crippen molar-refractivity contribution in [2.24, 2.45) is 5.92 Å². The Hall–Kier alpha value is -1.47. The molecule has 1 aliphatic carbocycles. The Balaban J connectivity index is 1.46. The molecule has 0 aromatic carbocycles. The largest absolute Gasteiger partial charge is 0.394 e. The Bertz CT molecular complexity index is 583. The molecule has 1 saturated carbocycles. The summed E-state index contributed by atoms with van der Waals surface area (Å²) in [6, 6.07) is -0.0803. The van der Waals surface area contributed by atoms with Crippen LogP contribution < -0.4 is 5.32 Å². The van der Waals surface area contributed by atoms with Crippen LogP contribution in [-0.4, -0.2) is 50.9 Å².